The molecular formula is C19H15ClFNO3S. The Balaban J connectivity index is 1.61. The molecule has 7 heteroatoms. The van der Waals surface area contributed by atoms with E-state index in [1.807, 2.05) is 24.3 Å². The number of esters is 1. The Kier molecular flexibility index (Phi) is 5.54. The summed E-state index contributed by atoms with van der Waals surface area (Å²) in [6, 6.07) is 13.2. The van der Waals surface area contributed by atoms with Crippen molar-refractivity contribution < 1.29 is 18.7 Å². The molecule has 0 aliphatic rings. The van der Waals surface area contributed by atoms with Crippen LogP contribution >= 0.6 is 22.9 Å². The molecule has 1 aromatic heterocycles. The van der Waals surface area contributed by atoms with Gasteiger partial charge in [-0.2, -0.15) is 0 Å². The molecule has 2 aromatic carbocycles. The van der Waals surface area contributed by atoms with Crippen molar-refractivity contribution in [1.82, 2.24) is 5.32 Å². The maximum atomic E-state index is 12.9. The predicted molar refractivity (Wildman–Crippen MR) is 100.0 cm³/mol. The van der Waals surface area contributed by atoms with Crippen molar-refractivity contribution in [2.75, 3.05) is 0 Å². The zero-order valence-corrected chi connectivity index (χ0v) is 15.4. The third-order valence-electron chi connectivity index (χ3n) is 3.75. The van der Waals surface area contributed by atoms with Gasteiger partial charge in [0.15, 0.2) is 6.10 Å². The molecule has 4 nitrogen and oxygen atoms in total. The molecule has 1 unspecified atom stereocenters. The molecule has 1 amide bonds. The first-order valence-corrected chi connectivity index (χ1v) is 9.05. The highest BCUT2D eigenvalue weighted by molar-refractivity contribution is 7.21. The van der Waals surface area contributed by atoms with Crippen molar-refractivity contribution in [1.29, 1.82) is 0 Å². The number of thiophene rings is 1. The minimum Gasteiger partial charge on any atom is -0.448 e. The zero-order chi connectivity index (χ0) is 18.7. The molecule has 0 bridgehead atoms. The van der Waals surface area contributed by atoms with E-state index < -0.39 is 18.0 Å². The molecule has 3 rings (SSSR count). The summed E-state index contributed by atoms with van der Waals surface area (Å²) < 4.78 is 19.0. The Morgan fingerprint density at radius 2 is 1.88 bits per heavy atom. The fourth-order valence-electron chi connectivity index (χ4n) is 2.35. The number of fused-ring (bicyclic) bond motifs is 1. The average molecular weight is 392 g/mol. The molecule has 0 radical (unpaired) electrons. The van der Waals surface area contributed by atoms with E-state index in [0.29, 0.717) is 5.02 Å². The average Bonchev–Trinajstić information content (AvgIpc) is 2.98. The first-order chi connectivity index (χ1) is 12.5. The van der Waals surface area contributed by atoms with Crippen LogP contribution in [-0.4, -0.2) is 18.0 Å². The summed E-state index contributed by atoms with van der Waals surface area (Å²) in [7, 11) is 0. The van der Waals surface area contributed by atoms with Gasteiger partial charge in [-0.3, -0.25) is 4.79 Å². The summed E-state index contributed by atoms with van der Waals surface area (Å²) in [5.74, 6) is -1.43. The van der Waals surface area contributed by atoms with Gasteiger partial charge < -0.3 is 10.1 Å². The summed E-state index contributed by atoms with van der Waals surface area (Å²) in [4.78, 5) is 24.7. The maximum absolute atomic E-state index is 12.9. The number of hydrogen-bond donors (Lipinski definition) is 1. The van der Waals surface area contributed by atoms with Crippen molar-refractivity contribution in [3.05, 3.63) is 69.8 Å². The molecule has 0 aliphatic heterocycles. The summed E-state index contributed by atoms with van der Waals surface area (Å²) in [6.45, 7) is 1.70. The second-order valence-corrected chi connectivity index (χ2v) is 7.06. The van der Waals surface area contributed by atoms with Gasteiger partial charge in [0.1, 0.15) is 10.7 Å². The van der Waals surface area contributed by atoms with Crippen molar-refractivity contribution >= 4 is 44.9 Å². The van der Waals surface area contributed by atoms with Crippen LogP contribution in [0.3, 0.4) is 0 Å². The molecule has 0 spiro atoms. The lowest BCUT2D eigenvalue weighted by molar-refractivity contribution is -0.129. The van der Waals surface area contributed by atoms with E-state index in [1.165, 1.54) is 30.4 Å². The molecule has 0 aliphatic carbocycles. The van der Waals surface area contributed by atoms with E-state index >= 15 is 0 Å². The Labute approximate surface area is 158 Å². The second-order valence-electron chi connectivity index (χ2n) is 5.63. The largest absolute Gasteiger partial charge is 0.448 e. The van der Waals surface area contributed by atoms with Crippen LogP contribution in [0.25, 0.3) is 10.1 Å². The Bertz CT molecular complexity index is 955. The van der Waals surface area contributed by atoms with Crippen LogP contribution in [0.5, 0.6) is 0 Å². The maximum Gasteiger partial charge on any atom is 0.350 e. The van der Waals surface area contributed by atoms with Crippen LogP contribution in [0, 0.1) is 5.82 Å². The SMILES string of the molecule is CC(OC(=O)c1sc2ccccc2c1Cl)C(=O)NCc1ccc(F)cc1. The minimum absolute atomic E-state index is 0.213. The van der Waals surface area contributed by atoms with Gasteiger partial charge in [0.05, 0.1) is 5.02 Å². The standard InChI is InChI=1S/C19H15ClFNO3S/c1-11(18(23)22-10-12-6-8-13(21)9-7-12)25-19(24)17-16(20)14-4-2-3-5-15(14)26-17/h2-9,11H,10H2,1H3,(H,22,23). The number of carbonyl (C=O) groups excluding carboxylic acids is 2. The molecule has 26 heavy (non-hydrogen) atoms. The minimum atomic E-state index is -0.982. The van der Waals surface area contributed by atoms with E-state index in [0.717, 1.165) is 15.6 Å². The highest BCUT2D eigenvalue weighted by atomic mass is 35.5. The quantitative estimate of drug-likeness (QED) is 0.649. The Hall–Kier alpha value is -2.44. The number of benzene rings is 2. The molecule has 0 saturated carbocycles. The van der Waals surface area contributed by atoms with E-state index in [1.54, 1.807) is 12.1 Å². The number of nitrogens with one attached hydrogen (secondary N) is 1. The zero-order valence-electron chi connectivity index (χ0n) is 13.8. The number of halogens is 2. The number of ether oxygens (including phenoxy) is 1. The van der Waals surface area contributed by atoms with E-state index in [4.69, 9.17) is 16.3 Å². The van der Waals surface area contributed by atoms with Crippen LogP contribution in [0.4, 0.5) is 4.39 Å². The van der Waals surface area contributed by atoms with Crippen LogP contribution in [0.2, 0.25) is 5.02 Å². The molecule has 134 valence electrons. The van der Waals surface area contributed by atoms with E-state index in [9.17, 15) is 14.0 Å². The summed E-state index contributed by atoms with van der Waals surface area (Å²) >= 11 is 7.47. The van der Waals surface area contributed by atoms with Gasteiger partial charge in [-0.15, -0.1) is 11.3 Å². The number of rotatable bonds is 5. The first-order valence-electron chi connectivity index (χ1n) is 7.86. The van der Waals surface area contributed by atoms with Gasteiger partial charge in [0, 0.05) is 16.6 Å². The number of carbonyl (C=O) groups is 2. The highest BCUT2D eigenvalue weighted by Crippen LogP contribution is 2.35. The van der Waals surface area contributed by atoms with Gasteiger partial charge >= 0.3 is 5.97 Å². The van der Waals surface area contributed by atoms with Crippen molar-refractivity contribution in [2.24, 2.45) is 0 Å². The van der Waals surface area contributed by atoms with Gasteiger partial charge in [-0.25, -0.2) is 9.18 Å². The Morgan fingerprint density at radius 3 is 2.58 bits per heavy atom. The summed E-state index contributed by atoms with van der Waals surface area (Å²) in [6.07, 6.45) is -0.982. The molecule has 3 aromatic rings. The van der Waals surface area contributed by atoms with Crippen molar-refractivity contribution in [2.45, 2.75) is 19.6 Å². The molecule has 0 saturated heterocycles. The van der Waals surface area contributed by atoms with Crippen LogP contribution in [0.15, 0.2) is 48.5 Å². The van der Waals surface area contributed by atoms with Crippen LogP contribution in [-0.2, 0) is 16.1 Å². The normalized spacial score (nSPS) is 12.0. The van der Waals surface area contributed by atoms with Gasteiger partial charge in [0.25, 0.3) is 5.91 Å². The van der Waals surface area contributed by atoms with Gasteiger partial charge in [-0.1, -0.05) is 41.9 Å². The van der Waals surface area contributed by atoms with E-state index in [2.05, 4.69) is 5.32 Å². The molecular weight excluding hydrogens is 377 g/mol. The lowest BCUT2D eigenvalue weighted by Gasteiger charge is -2.13. The third kappa shape index (κ3) is 4.03. The van der Waals surface area contributed by atoms with Gasteiger partial charge in [-0.05, 0) is 30.7 Å². The van der Waals surface area contributed by atoms with Crippen molar-refractivity contribution in [3.8, 4) is 0 Å². The fraction of sp³-hybridized carbons (Fsp3) is 0.158. The number of amides is 1. The van der Waals surface area contributed by atoms with Gasteiger partial charge in [0.2, 0.25) is 0 Å². The topological polar surface area (TPSA) is 55.4 Å². The smallest absolute Gasteiger partial charge is 0.350 e. The fourth-order valence-corrected chi connectivity index (χ4v) is 3.74. The molecule has 1 atom stereocenters. The lowest BCUT2D eigenvalue weighted by Crippen LogP contribution is -2.35. The summed E-state index contributed by atoms with van der Waals surface area (Å²) in [5, 5.41) is 3.75. The third-order valence-corrected chi connectivity index (χ3v) is 5.41. The first kappa shape index (κ1) is 18.4. The Morgan fingerprint density at radius 1 is 1.19 bits per heavy atom. The van der Waals surface area contributed by atoms with E-state index in [-0.39, 0.29) is 17.2 Å². The molecule has 0 fully saturated rings. The van der Waals surface area contributed by atoms with Crippen molar-refractivity contribution in [3.63, 3.8) is 0 Å². The van der Waals surface area contributed by atoms with Crippen LogP contribution in [0.1, 0.15) is 22.2 Å². The molecule has 1 heterocycles. The van der Waals surface area contributed by atoms with Crippen LogP contribution < -0.4 is 5.32 Å². The monoisotopic (exact) mass is 391 g/mol. The number of hydrogen-bond acceptors (Lipinski definition) is 4. The predicted octanol–water partition coefficient (Wildman–Crippen LogP) is 4.56. The molecule has 1 N–H and O–H groups in total. The highest BCUT2D eigenvalue weighted by Gasteiger charge is 2.23. The lowest BCUT2D eigenvalue weighted by atomic mass is 10.2. The summed E-state index contributed by atoms with van der Waals surface area (Å²) in [5.41, 5.74) is 0.742. The second kappa shape index (κ2) is 7.85.